The Morgan fingerprint density at radius 2 is 1.89 bits per heavy atom. The van der Waals surface area contributed by atoms with E-state index in [0.29, 0.717) is 25.3 Å². The first-order valence-corrected chi connectivity index (χ1v) is 10.1. The van der Waals surface area contributed by atoms with Crippen LogP contribution in [0.3, 0.4) is 0 Å². The van der Waals surface area contributed by atoms with Gasteiger partial charge in [0.2, 0.25) is 15.9 Å². The molecule has 0 radical (unpaired) electrons. The maximum absolute atomic E-state index is 12.6. The van der Waals surface area contributed by atoms with Crippen LogP contribution in [0.4, 0.5) is 5.69 Å². The number of sulfonamides is 1. The molecule has 1 aliphatic heterocycles. The monoisotopic (exact) mass is 419 g/mol. The Kier molecular flexibility index (Phi) is 9.17. The van der Waals surface area contributed by atoms with Gasteiger partial charge in [-0.3, -0.25) is 14.5 Å². The normalized spacial score (nSPS) is 14.7. The Hall–Kier alpha value is -1.68. The third kappa shape index (κ3) is 6.76. The number of carbonyl (C=O) groups excluding carboxylic acids is 1. The summed E-state index contributed by atoms with van der Waals surface area (Å²) in [5.41, 5.74) is 0.377. The number of carboxylic acids is 1. The van der Waals surface area contributed by atoms with E-state index in [9.17, 15) is 18.0 Å². The fourth-order valence-electron chi connectivity index (χ4n) is 2.94. The standard InChI is InChI=1S/C17H25N3O5S.ClH/c1-2-8-19(13-17(22)23)12-16(21)18-14-6-5-7-15(11-14)26(24,25)20-9-3-4-10-20;/h5-7,11H,2-4,8-10,12-13H2,1H3,(H,18,21)(H,22,23);1H. The average molecular weight is 420 g/mol. The van der Waals surface area contributed by atoms with Crippen LogP contribution < -0.4 is 5.32 Å². The summed E-state index contributed by atoms with van der Waals surface area (Å²) in [5, 5.41) is 11.5. The lowest BCUT2D eigenvalue weighted by molar-refractivity contribution is -0.138. The van der Waals surface area contributed by atoms with E-state index in [2.05, 4.69) is 5.32 Å². The highest BCUT2D eigenvalue weighted by Gasteiger charge is 2.27. The Morgan fingerprint density at radius 1 is 1.22 bits per heavy atom. The van der Waals surface area contributed by atoms with Gasteiger partial charge in [0.15, 0.2) is 0 Å². The van der Waals surface area contributed by atoms with Gasteiger partial charge in [-0.15, -0.1) is 12.4 Å². The second-order valence-electron chi connectivity index (χ2n) is 6.29. The number of aliphatic carboxylic acids is 1. The number of anilines is 1. The predicted octanol–water partition coefficient (Wildman–Crippen LogP) is 1.63. The third-order valence-electron chi connectivity index (χ3n) is 4.09. The van der Waals surface area contributed by atoms with Crippen molar-refractivity contribution in [1.29, 1.82) is 0 Å². The molecule has 1 amide bonds. The van der Waals surface area contributed by atoms with E-state index in [-0.39, 0.29) is 36.3 Å². The highest BCUT2D eigenvalue weighted by molar-refractivity contribution is 7.89. The minimum absolute atomic E-state index is 0. The van der Waals surface area contributed by atoms with Crippen molar-refractivity contribution < 1.29 is 23.1 Å². The van der Waals surface area contributed by atoms with Crippen molar-refractivity contribution in [2.24, 2.45) is 0 Å². The lowest BCUT2D eigenvalue weighted by atomic mass is 10.3. The molecule has 1 aromatic carbocycles. The fraction of sp³-hybridized carbons (Fsp3) is 0.529. The van der Waals surface area contributed by atoms with Crippen molar-refractivity contribution in [2.75, 3.05) is 38.0 Å². The molecule has 2 N–H and O–H groups in total. The summed E-state index contributed by atoms with van der Waals surface area (Å²) in [6.07, 6.45) is 2.43. The topological polar surface area (TPSA) is 107 Å². The number of carbonyl (C=O) groups is 2. The van der Waals surface area contributed by atoms with Crippen molar-refractivity contribution in [1.82, 2.24) is 9.21 Å². The molecule has 1 saturated heterocycles. The van der Waals surface area contributed by atoms with Crippen LogP contribution in [0, 0.1) is 0 Å². The van der Waals surface area contributed by atoms with E-state index < -0.39 is 16.0 Å². The molecule has 0 atom stereocenters. The molecule has 10 heteroatoms. The highest BCUT2D eigenvalue weighted by Crippen LogP contribution is 2.23. The summed E-state index contributed by atoms with van der Waals surface area (Å²) in [6, 6.07) is 6.14. The van der Waals surface area contributed by atoms with Crippen molar-refractivity contribution in [3.8, 4) is 0 Å². The Bertz CT molecular complexity index is 751. The number of benzene rings is 1. The summed E-state index contributed by atoms with van der Waals surface area (Å²) in [5.74, 6) is -1.37. The number of hydrogen-bond donors (Lipinski definition) is 2. The Morgan fingerprint density at radius 3 is 2.48 bits per heavy atom. The van der Waals surface area contributed by atoms with Gasteiger partial charge in [-0.2, -0.15) is 4.31 Å². The largest absolute Gasteiger partial charge is 0.480 e. The first kappa shape index (κ1) is 23.4. The zero-order valence-corrected chi connectivity index (χ0v) is 16.9. The first-order valence-electron chi connectivity index (χ1n) is 8.67. The molecule has 152 valence electrons. The zero-order chi connectivity index (χ0) is 19.2. The van der Waals surface area contributed by atoms with Gasteiger partial charge in [-0.1, -0.05) is 13.0 Å². The van der Waals surface area contributed by atoms with Crippen LogP contribution in [0.2, 0.25) is 0 Å². The number of hydrogen-bond acceptors (Lipinski definition) is 5. The number of nitrogens with zero attached hydrogens (tertiary/aromatic N) is 2. The first-order chi connectivity index (χ1) is 12.3. The minimum atomic E-state index is -3.55. The summed E-state index contributed by atoms with van der Waals surface area (Å²) in [6.45, 7) is 3.14. The number of amides is 1. The highest BCUT2D eigenvalue weighted by atomic mass is 35.5. The van der Waals surface area contributed by atoms with E-state index in [1.165, 1.54) is 21.3 Å². The van der Waals surface area contributed by atoms with Crippen LogP contribution in [-0.4, -0.2) is 67.3 Å². The fourth-order valence-corrected chi connectivity index (χ4v) is 4.50. The molecular formula is C17H26ClN3O5S. The van der Waals surface area contributed by atoms with Gasteiger partial charge in [0.25, 0.3) is 0 Å². The molecule has 0 unspecified atom stereocenters. The van der Waals surface area contributed by atoms with E-state index in [4.69, 9.17) is 5.11 Å². The SMILES string of the molecule is CCCN(CC(=O)O)CC(=O)Nc1cccc(S(=O)(=O)N2CCCC2)c1.Cl. The molecular weight excluding hydrogens is 394 g/mol. The van der Waals surface area contributed by atoms with Crippen molar-refractivity contribution in [3.05, 3.63) is 24.3 Å². The Balaban J connectivity index is 0.00000364. The molecule has 1 aliphatic rings. The smallest absolute Gasteiger partial charge is 0.317 e. The third-order valence-corrected chi connectivity index (χ3v) is 5.98. The van der Waals surface area contributed by atoms with Crippen LogP contribution in [0.1, 0.15) is 26.2 Å². The van der Waals surface area contributed by atoms with Crippen molar-refractivity contribution in [3.63, 3.8) is 0 Å². The minimum Gasteiger partial charge on any atom is -0.480 e. The quantitative estimate of drug-likeness (QED) is 0.630. The molecule has 27 heavy (non-hydrogen) atoms. The number of halogens is 1. The molecule has 0 aliphatic carbocycles. The number of rotatable bonds is 9. The molecule has 1 heterocycles. The lowest BCUT2D eigenvalue weighted by Crippen LogP contribution is -2.37. The van der Waals surface area contributed by atoms with Gasteiger partial charge in [0.1, 0.15) is 0 Å². The van der Waals surface area contributed by atoms with Gasteiger partial charge in [-0.25, -0.2) is 8.42 Å². The summed E-state index contributed by atoms with van der Waals surface area (Å²) in [7, 11) is -3.55. The van der Waals surface area contributed by atoms with E-state index in [1.54, 1.807) is 12.1 Å². The van der Waals surface area contributed by atoms with Gasteiger partial charge in [0.05, 0.1) is 18.0 Å². The number of carboxylic acid groups (broad SMARTS) is 1. The van der Waals surface area contributed by atoms with Crippen LogP contribution >= 0.6 is 12.4 Å². The molecule has 8 nitrogen and oxygen atoms in total. The molecule has 1 fully saturated rings. The van der Waals surface area contributed by atoms with Crippen LogP contribution in [0.5, 0.6) is 0 Å². The summed E-state index contributed by atoms with van der Waals surface area (Å²) >= 11 is 0. The van der Waals surface area contributed by atoms with E-state index in [0.717, 1.165) is 19.3 Å². The molecule has 1 aromatic rings. The molecule has 2 rings (SSSR count). The molecule has 0 spiro atoms. The van der Waals surface area contributed by atoms with E-state index >= 15 is 0 Å². The van der Waals surface area contributed by atoms with Crippen LogP contribution in [0.15, 0.2) is 29.2 Å². The predicted molar refractivity (Wildman–Crippen MR) is 105 cm³/mol. The van der Waals surface area contributed by atoms with Gasteiger partial charge >= 0.3 is 5.97 Å². The van der Waals surface area contributed by atoms with Crippen LogP contribution in [-0.2, 0) is 19.6 Å². The average Bonchev–Trinajstić information content (AvgIpc) is 3.10. The number of nitrogens with one attached hydrogen (secondary N) is 1. The second-order valence-corrected chi connectivity index (χ2v) is 8.23. The van der Waals surface area contributed by atoms with Crippen molar-refractivity contribution in [2.45, 2.75) is 31.1 Å². The van der Waals surface area contributed by atoms with E-state index in [1.807, 2.05) is 6.92 Å². The maximum atomic E-state index is 12.6. The summed E-state index contributed by atoms with van der Waals surface area (Å²) in [4.78, 5) is 24.7. The van der Waals surface area contributed by atoms with Gasteiger partial charge in [-0.05, 0) is 44.0 Å². The molecule has 0 bridgehead atoms. The van der Waals surface area contributed by atoms with Crippen molar-refractivity contribution >= 4 is 40.0 Å². The van der Waals surface area contributed by atoms with Crippen LogP contribution in [0.25, 0.3) is 0 Å². The lowest BCUT2D eigenvalue weighted by Gasteiger charge is -2.19. The van der Waals surface area contributed by atoms with Gasteiger partial charge in [0, 0.05) is 18.8 Å². The zero-order valence-electron chi connectivity index (χ0n) is 15.3. The maximum Gasteiger partial charge on any atom is 0.317 e. The molecule has 0 aromatic heterocycles. The molecule has 0 saturated carbocycles. The van der Waals surface area contributed by atoms with Gasteiger partial charge < -0.3 is 10.4 Å². The second kappa shape index (κ2) is 10.6. The Labute approximate surface area is 166 Å². The summed E-state index contributed by atoms with van der Waals surface area (Å²) < 4.78 is 26.6.